The minimum atomic E-state index is -0.625. The lowest BCUT2D eigenvalue weighted by Gasteiger charge is -2.13. The Morgan fingerprint density at radius 2 is 1.65 bits per heavy atom. The SMILES string of the molecule is COc1ccc(OC)c(NC(=O)Nc2ccccc2C(N)=O)c1. The van der Waals surface area contributed by atoms with Crippen LogP contribution in [0.15, 0.2) is 42.5 Å². The molecular formula is C16H17N3O4. The molecule has 120 valence electrons. The molecule has 2 aromatic rings. The monoisotopic (exact) mass is 315 g/mol. The average molecular weight is 315 g/mol. The van der Waals surface area contributed by atoms with Crippen molar-refractivity contribution >= 4 is 23.3 Å². The van der Waals surface area contributed by atoms with Crippen LogP contribution in [0, 0.1) is 0 Å². The first-order valence-electron chi connectivity index (χ1n) is 6.74. The summed E-state index contributed by atoms with van der Waals surface area (Å²) < 4.78 is 10.3. The summed E-state index contributed by atoms with van der Waals surface area (Å²) >= 11 is 0. The van der Waals surface area contributed by atoms with Gasteiger partial charge in [-0.1, -0.05) is 12.1 Å². The van der Waals surface area contributed by atoms with Crippen LogP contribution in [0.2, 0.25) is 0 Å². The van der Waals surface area contributed by atoms with E-state index in [1.807, 2.05) is 0 Å². The Morgan fingerprint density at radius 3 is 2.30 bits per heavy atom. The van der Waals surface area contributed by atoms with Crippen molar-refractivity contribution in [2.75, 3.05) is 24.9 Å². The molecule has 23 heavy (non-hydrogen) atoms. The van der Waals surface area contributed by atoms with E-state index in [4.69, 9.17) is 15.2 Å². The van der Waals surface area contributed by atoms with Gasteiger partial charge in [0.2, 0.25) is 0 Å². The van der Waals surface area contributed by atoms with Gasteiger partial charge in [0.25, 0.3) is 5.91 Å². The fourth-order valence-electron chi connectivity index (χ4n) is 1.99. The fraction of sp³-hybridized carbons (Fsp3) is 0.125. The van der Waals surface area contributed by atoms with E-state index >= 15 is 0 Å². The van der Waals surface area contributed by atoms with E-state index in [9.17, 15) is 9.59 Å². The van der Waals surface area contributed by atoms with Crippen molar-refractivity contribution in [1.82, 2.24) is 0 Å². The van der Waals surface area contributed by atoms with Crippen LogP contribution in [-0.2, 0) is 0 Å². The van der Waals surface area contributed by atoms with Crippen molar-refractivity contribution in [3.05, 3.63) is 48.0 Å². The first-order chi connectivity index (χ1) is 11.0. The number of nitrogens with two attached hydrogens (primary N) is 1. The van der Waals surface area contributed by atoms with Gasteiger partial charge in [0, 0.05) is 6.07 Å². The minimum absolute atomic E-state index is 0.222. The molecule has 7 heteroatoms. The van der Waals surface area contributed by atoms with Crippen LogP contribution in [0.3, 0.4) is 0 Å². The summed E-state index contributed by atoms with van der Waals surface area (Å²) in [7, 11) is 3.02. The second-order valence-corrected chi connectivity index (χ2v) is 4.56. The minimum Gasteiger partial charge on any atom is -0.497 e. The number of amides is 3. The number of ether oxygens (including phenoxy) is 2. The molecule has 0 aliphatic heterocycles. The molecule has 0 atom stereocenters. The van der Waals surface area contributed by atoms with Crippen LogP contribution in [0.4, 0.5) is 16.2 Å². The van der Waals surface area contributed by atoms with Crippen LogP contribution >= 0.6 is 0 Å². The number of benzene rings is 2. The Balaban J connectivity index is 2.19. The molecule has 3 amide bonds. The number of carbonyl (C=O) groups excluding carboxylic acids is 2. The highest BCUT2D eigenvalue weighted by Gasteiger charge is 2.12. The summed E-state index contributed by atoms with van der Waals surface area (Å²) in [6.07, 6.45) is 0. The van der Waals surface area contributed by atoms with Crippen molar-refractivity contribution in [2.24, 2.45) is 5.73 Å². The molecule has 0 unspecified atom stereocenters. The van der Waals surface area contributed by atoms with Gasteiger partial charge in [0.05, 0.1) is 31.2 Å². The number of hydrogen-bond donors (Lipinski definition) is 3. The Bertz CT molecular complexity index is 731. The number of anilines is 2. The number of nitrogens with one attached hydrogen (secondary N) is 2. The van der Waals surface area contributed by atoms with Gasteiger partial charge in [-0.2, -0.15) is 0 Å². The zero-order valence-electron chi connectivity index (χ0n) is 12.8. The molecular weight excluding hydrogens is 298 g/mol. The van der Waals surface area contributed by atoms with Gasteiger partial charge >= 0.3 is 6.03 Å². The van der Waals surface area contributed by atoms with Crippen molar-refractivity contribution in [3.63, 3.8) is 0 Å². The number of rotatable bonds is 5. The number of primary amides is 1. The van der Waals surface area contributed by atoms with Gasteiger partial charge in [-0.05, 0) is 24.3 Å². The number of methoxy groups -OCH3 is 2. The lowest BCUT2D eigenvalue weighted by Crippen LogP contribution is -2.22. The molecule has 0 aromatic heterocycles. The van der Waals surface area contributed by atoms with Crippen molar-refractivity contribution in [1.29, 1.82) is 0 Å². The highest BCUT2D eigenvalue weighted by atomic mass is 16.5. The van der Waals surface area contributed by atoms with Crippen LogP contribution in [-0.4, -0.2) is 26.2 Å². The van der Waals surface area contributed by atoms with E-state index in [1.165, 1.54) is 20.3 Å². The second kappa shape index (κ2) is 7.17. The maximum Gasteiger partial charge on any atom is 0.323 e. The van der Waals surface area contributed by atoms with Crippen LogP contribution in [0.1, 0.15) is 10.4 Å². The third-order valence-electron chi connectivity index (χ3n) is 3.10. The smallest absolute Gasteiger partial charge is 0.323 e. The quantitative estimate of drug-likeness (QED) is 0.788. The molecule has 0 bridgehead atoms. The number of urea groups is 1. The summed E-state index contributed by atoms with van der Waals surface area (Å²) in [6.45, 7) is 0. The predicted octanol–water partition coefficient (Wildman–Crippen LogP) is 2.45. The zero-order valence-corrected chi connectivity index (χ0v) is 12.8. The Kier molecular flexibility index (Phi) is 5.03. The summed E-state index contributed by atoms with van der Waals surface area (Å²) in [6, 6.07) is 10.9. The normalized spacial score (nSPS) is 9.83. The summed E-state index contributed by atoms with van der Waals surface area (Å²) in [5.74, 6) is 0.419. The molecule has 0 radical (unpaired) electrons. The summed E-state index contributed by atoms with van der Waals surface area (Å²) in [4.78, 5) is 23.5. The molecule has 0 aliphatic rings. The van der Waals surface area contributed by atoms with Gasteiger partial charge in [0.1, 0.15) is 11.5 Å². The van der Waals surface area contributed by atoms with E-state index in [0.717, 1.165) is 0 Å². The van der Waals surface area contributed by atoms with Crippen LogP contribution in [0.5, 0.6) is 11.5 Å². The Labute approximate surface area is 133 Å². The molecule has 0 spiro atoms. The van der Waals surface area contributed by atoms with E-state index in [0.29, 0.717) is 22.9 Å². The van der Waals surface area contributed by atoms with Gasteiger partial charge in [-0.15, -0.1) is 0 Å². The molecule has 4 N–H and O–H groups in total. The average Bonchev–Trinajstić information content (AvgIpc) is 2.55. The van der Waals surface area contributed by atoms with E-state index < -0.39 is 11.9 Å². The molecule has 7 nitrogen and oxygen atoms in total. The first kappa shape index (κ1) is 16.2. The van der Waals surface area contributed by atoms with Gasteiger partial charge in [0.15, 0.2) is 0 Å². The van der Waals surface area contributed by atoms with Gasteiger partial charge < -0.3 is 25.8 Å². The third-order valence-corrected chi connectivity index (χ3v) is 3.10. The van der Waals surface area contributed by atoms with E-state index in [1.54, 1.807) is 36.4 Å². The van der Waals surface area contributed by atoms with E-state index in [2.05, 4.69) is 10.6 Å². The van der Waals surface area contributed by atoms with Crippen LogP contribution in [0.25, 0.3) is 0 Å². The van der Waals surface area contributed by atoms with Crippen molar-refractivity contribution < 1.29 is 19.1 Å². The third kappa shape index (κ3) is 3.91. The predicted molar refractivity (Wildman–Crippen MR) is 87.1 cm³/mol. The topological polar surface area (TPSA) is 103 Å². The lowest BCUT2D eigenvalue weighted by molar-refractivity contribution is 0.100. The number of hydrogen-bond acceptors (Lipinski definition) is 4. The van der Waals surface area contributed by atoms with Gasteiger partial charge in [-0.3, -0.25) is 4.79 Å². The Morgan fingerprint density at radius 1 is 0.957 bits per heavy atom. The highest BCUT2D eigenvalue weighted by Crippen LogP contribution is 2.29. The maximum atomic E-state index is 12.2. The van der Waals surface area contributed by atoms with Crippen LogP contribution < -0.4 is 25.8 Å². The molecule has 2 aromatic carbocycles. The summed E-state index contributed by atoms with van der Waals surface area (Å²) in [5.41, 5.74) is 6.25. The molecule has 2 rings (SSSR count). The standard InChI is InChI=1S/C16H17N3O4/c1-22-10-7-8-14(23-2)13(9-10)19-16(21)18-12-6-4-3-5-11(12)15(17)20/h3-9H,1-2H3,(H2,17,20)(H2,18,19,21). The Hall–Kier alpha value is -3.22. The van der Waals surface area contributed by atoms with Crippen molar-refractivity contribution in [3.8, 4) is 11.5 Å². The number of para-hydroxylation sites is 1. The summed E-state index contributed by atoms with van der Waals surface area (Å²) in [5, 5.41) is 5.23. The highest BCUT2D eigenvalue weighted by molar-refractivity contribution is 6.06. The van der Waals surface area contributed by atoms with Gasteiger partial charge in [-0.25, -0.2) is 4.79 Å². The number of carbonyl (C=O) groups is 2. The molecule has 0 saturated heterocycles. The molecule has 0 aliphatic carbocycles. The second-order valence-electron chi connectivity index (χ2n) is 4.56. The zero-order chi connectivity index (χ0) is 16.8. The fourth-order valence-corrected chi connectivity index (χ4v) is 1.99. The lowest BCUT2D eigenvalue weighted by atomic mass is 10.1. The molecule has 0 saturated carbocycles. The largest absolute Gasteiger partial charge is 0.497 e. The first-order valence-corrected chi connectivity index (χ1v) is 6.74. The molecule has 0 heterocycles. The van der Waals surface area contributed by atoms with Crippen molar-refractivity contribution in [2.45, 2.75) is 0 Å². The molecule has 0 fully saturated rings. The van der Waals surface area contributed by atoms with E-state index in [-0.39, 0.29) is 5.56 Å². The maximum absolute atomic E-state index is 12.2.